The van der Waals surface area contributed by atoms with Crippen LogP contribution in [-0.4, -0.2) is 26.7 Å². The zero-order valence-corrected chi connectivity index (χ0v) is 9.45. The summed E-state index contributed by atoms with van der Waals surface area (Å²) in [5, 5.41) is 3.30. The van der Waals surface area contributed by atoms with Gasteiger partial charge < -0.3 is 10.2 Å². The molecular weight excluding hydrogens is 184 g/mol. The summed E-state index contributed by atoms with van der Waals surface area (Å²) in [4.78, 5) is 2.27. The normalized spacial score (nSPS) is 9.93. The summed E-state index contributed by atoms with van der Waals surface area (Å²) in [7, 11) is 2.13. The van der Waals surface area contributed by atoms with Crippen LogP contribution >= 0.6 is 0 Å². The van der Waals surface area contributed by atoms with Gasteiger partial charge in [0.25, 0.3) is 0 Å². The molecular formula is C13H20N2. The zero-order chi connectivity index (χ0) is 10.9. The first-order valence-electron chi connectivity index (χ1n) is 5.42. The second kappa shape index (κ2) is 7.07. The number of benzene rings is 1. The lowest BCUT2D eigenvalue weighted by molar-refractivity contribution is 0.685. The lowest BCUT2D eigenvalue weighted by Gasteiger charge is -2.18. The molecule has 2 heteroatoms. The van der Waals surface area contributed by atoms with Crippen LogP contribution in [0.5, 0.6) is 0 Å². The Kier molecular flexibility index (Phi) is 5.56. The fourth-order valence-electron chi connectivity index (χ4n) is 1.46. The van der Waals surface area contributed by atoms with Gasteiger partial charge in [0.05, 0.1) is 0 Å². The van der Waals surface area contributed by atoms with Crippen molar-refractivity contribution in [1.29, 1.82) is 0 Å². The van der Waals surface area contributed by atoms with Gasteiger partial charge in [0.1, 0.15) is 0 Å². The van der Waals surface area contributed by atoms with Crippen molar-refractivity contribution in [3.63, 3.8) is 0 Å². The maximum Gasteiger partial charge on any atom is 0.0363 e. The summed E-state index contributed by atoms with van der Waals surface area (Å²) in [6.07, 6.45) is 3.04. The van der Waals surface area contributed by atoms with Gasteiger partial charge >= 0.3 is 0 Å². The van der Waals surface area contributed by atoms with Gasteiger partial charge in [-0.2, -0.15) is 0 Å². The molecule has 0 saturated carbocycles. The average molecular weight is 204 g/mol. The molecule has 1 N–H and O–H groups in total. The summed E-state index contributed by atoms with van der Waals surface area (Å²) >= 11 is 0. The summed E-state index contributed by atoms with van der Waals surface area (Å²) in [5.74, 6) is 0. The zero-order valence-electron chi connectivity index (χ0n) is 9.45. The van der Waals surface area contributed by atoms with E-state index in [2.05, 4.69) is 48.1 Å². The minimum atomic E-state index is 0.898. The Morgan fingerprint density at radius 3 is 2.73 bits per heavy atom. The van der Waals surface area contributed by atoms with Crippen LogP contribution in [0.15, 0.2) is 43.0 Å². The number of nitrogens with zero attached hydrogens (tertiary/aromatic N) is 1. The third-order valence-electron chi connectivity index (χ3n) is 2.33. The van der Waals surface area contributed by atoms with E-state index in [1.807, 2.05) is 12.1 Å². The highest BCUT2D eigenvalue weighted by Gasteiger charge is 1.97. The maximum atomic E-state index is 3.67. The monoisotopic (exact) mass is 204 g/mol. The Balaban J connectivity index is 2.19. The van der Waals surface area contributed by atoms with Crippen LogP contribution < -0.4 is 10.2 Å². The third kappa shape index (κ3) is 4.66. The molecule has 0 heterocycles. The molecule has 0 aliphatic heterocycles. The van der Waals surface area contributed by atoms with Crippen LogP contribution in [0.1, 0.15) is 6.42 Å². The van der Waals surface area contributed by atoms with Crippen molar-refractivity contribution < 1.29 is 0 Å². The number of rotatable bonds is 7. The molecule has 0 saturated heterocycles. The molecule has 0 atom stereocenters. The maximum absolute atomic E-state index is 3.67. The summed E-state index contributed by atoms with van der Waals surface area (Å²) < 4.78 is 0. The number of para-hydroxylation sites is 1. The van der Waals surface area contributed by atoms with Gasteiger partial charge in [0, 0.05) is 25.8 Å². The van der Waals surface area contributed by atoms with Gasteiger partial charge in [-0.05, 0) is 25.1 Å². The van der Waals surface area contributed by atoms with Gasteiger partial charge in [-0.1, -0.05) is 24.3 Å². The van der Waals surface area contributed by atoms with Crippen LogP contribution in [0.2, 0.25) is 0 Å². The smallest absolute Gasteiger partial charge is 0.0363 e. The number of nitrogens with one attached hydrogen (secondary N) is 1. The lowest BCUT2D eigenvalue weighted by atomic mass is 10.3. The molecule has 2 nitrogen and oxygen atoms in total. The van der Waals surface area contributed by atoms with Crippen LogP contribution in [0, 0.1) is 0 Å². The van der Waals surface area contributed by atoms with E-state index in [0.717, 1.165) is 26.1 Å². The average Bonchev–Trinajstić information content (AvgIpc) is 2.30. The highest BCUT2D eigenvalue weighted by molar-refractivity contribution is 5.44. The molecule has 15 heavy (non-hydrogen) atoms. The Hall–Kier alpha value is -1.28. The molecule has 0 amide bonds. The molecule has 0 unspecified atom stereocenters. The number of hydrogen-bond acceptors (Lipinski definition) is 2. The number of anilines is 1. The first-order valence-corrected chi connectivity index (χ1v) is 5.42. The first-order chi connectivity index (χ1) is 7.34. The molecule has 0 aliphatic rings. The van der Waals surface area contributed by atoms with E-state index >= 15 is 0 Å². The van der Waals surface area contributed by atoms with E-state index in [1.54, 1.807) is 0 Å². The Labute approximate surface area is 92.6 Å². The molecule has 0 aromatic heterocycles. The molecule has 0 spiro atoms. The Morgan fingerprint density at radius 1 is 1.33 bits per heavy atom. The van der Waals surface area contributed by atoms with Crippen molar-refractivity contribution in [1.82, 2.24) is 5.32 Å². The van der Waals surface area contributed by atoms with Crippen molar-refractivity contribution in [2.24, 2.45) is 0 Å². The van der Waals surface area contributed by atoms with Gasteiger partial charge in [0.2, 0.25) is 0 Å². The Morgan fingerprint density at radius 2 is 2.07 bits per heavy atom. The molecule has 0 aliphatic carbocycles. The van der Waals surface area contributed by atoms with Crippen molar-refractivity contribution in [2.75, 3.05) is 31.6 Å². The fourth-order valence-corrected chi connectivity index (χ4v) is 1.46. The van der Waals surface area contributed by atoms with Crippen LogP contribution in [0.3, 0.4) is 0 Å². The lowest BCUT2D eigenvalue weighted by Crippen LogP contribution is -2.23. The summed E-state index contributed by atoms with van der Waals surface area (Å²) in [6, 6.07) is 10.5. The molecule has 1 aromatic rings. The van der Waals surface area contributed by atoms with Crippen molar-refractivity contribution in [2.45, 2.75) is 6.42 Å². The van der Waals surface area contributed by atoms with E-state index in [1.165, 1.54) is 5.69 Å². The minimum absolute atomic E-state index is 0.898. The molecule has 0 fully saturated rings. The highest BCUT2D eigenvalue weighted by atomic mass is 15.1. The van der Waals surface area contributed by atoms with Gasteiger partial charge in [-0.15, -0.1) is 6.58 Å². The molecule has 1 aromatic carbocycles. The SMILES string of the molecule is C=CCNCCCN(C)c1ccccc1. The highest BCUT2D eigenvalue weighted by Crippen LogP contribution is 2.10. The molecule has 82 valence electrons. The van der Waals surface area contributed by atoms with E-state index < -0.39 is 0 Å². The van der Waals surface area contributed by atoms with E-state index in [9.17, 15) is 0 Å². The standard InChI is InChI=1S/C13H20N2/c1-3-10-14-11-7-12-15(2)13-8-5-4-6-9-13/h3-6,8-9,14H,1,7,10-12H2,2H3. The topological polar surface area (TPSA) is 15.3 Å². The first kappa shape index (κ1) is 11.8. The minimum Gasteiger partial charge on any atom is -0.375 e. The van der Waals surface area contributed by atoms with Crippen molar-refractivity contribution in [3.05, 3.63) is 43.0 Å². The number of hydrogen-bond donors (Lipinski definition) is 1. The Bertz CT molecular complexity index is 269. The molecule has 0 bridgehead atoms. The van der Waals surface area contributed by atoms with Gasteiger partial charge in [-0.3, -0.25) is 0 Å². The predicted molar refractivity (Wildman–Crippen MR) is 67.4 cm³/mol. The van der Waals surface area contributed by atoms with Crippen LogP contribution in [0.4, 0.5) is 5.69 Å². The summed E-state index contributed by atoms with van der Waals surface area (Å²) in [6.45, 7) is 6.69. The largest absolute Gasteiger partial charge is 0.375 e. The predicted octanol–water partition coefficient (Wildman–Crippen LogP) is 2.29. The van der Waals surface area contributed by atoms with E-state index in [0.29, 0.717) is 0 Å². The van der Waals surface area contributed by atoms with Crippen molar-refractivity contribution in [3.8, 4) is 0 Å². The fraction of sp³-hybridized carbons (Fsp3) is 0.385. The summed E-state index contributed by atoms with van der Waals surface area (Å²) in [5.41, 5.74) is 1.28. The second-order valence-electron chi connectivity index (χ2n) is 3.60. The van der Waals surface area contributed by atoms with Crippen LogP contribution in [0.25, 0.3) is 0 Å². The third-order valence-corrected chi connectivity index (χ3v) is 2.33. The quantitative estimate of drug-likeness (QED) is 0.541. The van der Waals surface area contributed by atoms with Crippen molar-refractivity contribution >= 4 is 5.69 Å². The second-order valence-corrected chi connectivity index (χ2v) is 3.60. The van der Waals surface area contributed by atoms with Gasteiger partial charge in [0.15, 0.2) is 0 Å². The van der Waals surface area contributed by atoms with E-state index in [-0.39, 0.29) is 0 Å². The van der Waals surface area contributed by atoms with Gasteiger partial charge in [-0.25, -0.2) is 0 Å². The molecule has 1 rings (SSSR count). The van der Waals surface area contributed by atoms with Crippen LogP contribution in [-0.2, 0) is 0 Å². The van der Waals surface area contributed by atoms with E-state index in [4.69, 9.17) is 0 Å². The molecule has 0 radical (unpaired) electrons.